The van der Waals surface area contributed by atoms with Crippen molar-refractivity contribution in [1.29, 1.82) is 0 Å². The molecular formula is C10H11O2. The smallest absolute Gasteiger partial charge is 0.119 e. The van der Waals surface area contributed by atoms with Crippen LogP contribution >= 0.6 is 0 Å². The predicted octanol–water partition coefficient (Wildman–Crippen LogP) is 1.28. The number of aromatic hydroxyl groups is 1. The number of hydrogen-bond donors (Lipinski definition) is 2. The van der Waals surface area contributed by atoms with Crippen molar-refractivity contribution >= 4 is 0 Å². The van der Waals surface area contributed by atoms with E-state index in [1.807, 2.05) is 6.08 Å². The highest BCUT2D eigenvalue weighted by Gasteiger charge is 1.94. The number of hydrogen-bond acceptors (Lipinski definition) is 2. The van der Waals surface area contributed by atoms with Crippen LogP contribution < -0.4 is 0 Å². The Morgan fingerprint density at radius 3 is 2.92 bits per heavy atom. The highest BCUT2D eigenvalue weighted by atomic mass is 16.3. The van der Waals surface area contributed by atoms with Gasteiger partial charge in [0.1, 0.15) is 5.75 Å². The van der Waals surface area contributed by atoms with Crippen molar-refractivity contribution in [3.05, 3.63) is 42.0 Å². The minimum atomic E-state index is 0.0390. The summed E-state index contributed by atoms with van der Waals surface area (Å²) in [7, 11) is 0. The summed E-state index contributed by atoms with van der Waals surface area (Å²) in [5, 5.41) is 17.7. The van der Waals surface area contributed by atoms with E-state index in [9.17, 15) is 5.11 Å². The van der Waals surface area contributed by atoms with Crippen molar-refractivity contribution in [3.63, 3.8) is 0 Å². The zero-order chi connectivity index (χ0) is 8.81. The van der Waals surface area contributed by atoms with E-state index in [0.717, 1.165) is 5.56 Å². The summed E-state index contributed by atoms with van der Waals surface area (Å²) in [6.07, 6.45) is 4.08. The van der Waals surface area contributed by atoms with E-state index >= 15 is 0 Å². The third kappa shape index (κ3) is 2.40. The molecule has 2 N–H and O–H groups in total. The second-order valence-electron chi connectivity index (χ2n) is 2.41. The van der Waals surface area contributed by atoms with Crippen molar-refractivity contribution < 1.29 is 10.2 Å². The number of aliphatic hydroxyl groups is 1. The van der Waals surface area contributed by atoms with E-state index in [4.69, 9.17) is 5.11 Å². The molecule has 0 bridgehead atoms. The lowest BCUT2D eigenvalue weighted by Gasteiger charge is -1.98. The van der Waals surface area contributed by atoms with Crippen LogP contribution in [-0.4, -0.2) is 16.8 Å². The van der Waals surface area contributed by atoms with Gasteiger partial charge in [0, 0.05) is 0 Å². The lowest BCUT2D eigenvalue weighted by atomic mass is 10.1. The van der Waals surface area contributed by atoms with E-state index in [0.29, 0.717) is 6.42 Å². The van der Waals surface area contributed by atoms with Crippen LogP contribution in [-0.2, 0) is 6.42 Å². The Hall–Kier alpha value is -1.28. The van der Waals surface area contributed by atoms with Gasteiger partial charge in [-0.1, -0.05) is 18.2 Å². The van der Waals surface area contributed by atoms with Crippen molar-refractivity contribution in [2.45, 2.75) is 6.42 Å². The van der Waals surface area contributed by atoms with Crippen LogP contribution in [0.1, 0.15) is 5.56 Å². The number of phenols is 1. The number of rotatable bonds is 3. The summed E-state index contributed by atoms with van der Waals surface area (Å²) in [6.45, 7) is 0.0390. The minimum absolute atomic E-state index is 0.0390. The summed E-state index contributed by atoms with van der Waals surface area (Å²) in [5.41, 5.74) is 0.821. The maximum absolute atomic E-state index is 9.29. The largest absolute Gasteiger partial charge is 0.508 e. The Morgan fingerprint density at radius 1 is 1.42 bits per heavy atom. The van der Waals surface area contributed by atoms with Crippen LogP contribution in [0.2, 0.25) is 0 Å². The molecular weight excluding hydrogens is 152 g/mol. The monoisotopic (exact) mass is 163 g/mol. The molecule has 1 radical (unpaired) electrons. The van der Waals surface area contributed by atoms with Crippen LogP contribution in [0, 0.1) is 6.07 Å². The Labute approximate surface area is 71.8 Å². The van der Waals surface area contributed by atoms with Crippen LogP contribution in [0.15, 0.2) is 30.4 Å². The summed E-state index contributed by atoms with van der Waals surface area (Å²) in [5.74, 6) is 0.274. The normalized spacial score (nSPS) is 10.8. The molecule has 0 aliphatic heterocycles. The van der Waals surface area contributed by atoms with Gasteiger partial charge in [0.05, 0.1) is 6.61 Å². The molecule has 0 saturated carbocycles. The second-order valence-corrected chi connectivity index (χ2v) is 2.41. The topological polar surface area (TPSA) is 40.5 Å². The van der Waals surface area contributed by atoms with Gasteiger partial charge in [-0.15, -0.1) is 0 Å². The van der Waals surface area contributed by atoms with Crippen LogP contribution in [0.25, 0.3) is 0 Å². The first-order valence-electron chi connectivity index (χ1n) is 3.78. The average Bonchev–Trinajstić information content (AvgIpc) is 2.09. The average molecular weight is 163 g/mol. The Balaban J connectivity index is 2.63. The van der Waals surface area contributed by atoms with E-state index in [2.05, 4.69) is 6.07 Å². The minimum Gasteiger partial charge on any atom is -0.508 e. The number of phenolic OH excluding ortho intramolecular Hbond substituents is 1. The first kappa shape index (κ1) is 8.81. The zero-order valence-corrected chi connectivity index (χ0v) is 6.70. The molecule has 0 aromatic heterocycles. The van der Waals surface area contributed by atoms with Crippen molar-refractivity contribution in [3.8, 4) is 5.75 Å². The van der Waals surface area contributed by atoms with Crippen molar-refractivity contribution in [1.82, 2.24) is 0 Å². The quantitative estimate of drug-likeness (QED) is 0.659. The molecule has 0 aliphatic rings. The third-order valence-electron chi connectivity index (χ3n) is 1.53. The lowest BCUT2D eigenvalue weighted by molar-refractivity contribution is 0.342. The molecule has 1 aromatic carbocycles. The van der Waals surface area contributed by atoms with Gasteiger partial charge in [-0.05, 0) is 30.2 Å². The van der Waals surface area contributed by atoms with E-state index in [1.54, 1.807) is 24.3 Å². The molecule has 1 rings (SSSR count). The second kappa shape index (κ2) is 4.57. The van der Waals surface area contributed by atoms with Gasteiger partial charge in [0.15, 0.2) is 0 Å². The molecule has 2 heteroatoms. The predicted molar refractivity (Wildman–Crippen MR) is 46.9 cm³/mol. The van der Waals surface area contributed by atoms with Gasteiger partial charge in [0.2, 0.25) is 0 Å². The highest BCUT2D eigenvalue weighted by Crippen LogP contribution is 2.15. The van der Waals surface area contributed by atoms with Crippen molar-refractivity contribution in [2.24, 2.45) is 0 Å². The Morgan fingerprint density at radius 2 is 2.25 bits per heavy atom. The molecule has 0 amide bonds. The molecule has 0 aliphatic carbocycles. The summed E-state index contributed by atoms with van der Waals surface area (Å²) < 4.78 is 0. The third-order valence-corrected chi connectivity index (χ3v) is 1.53. The van der Waals surface area contributed by atoms with E-state index < -0.39 is 0 Å². The number of allylic oxidation sites excluding steroid dienone is 1. The standard InChI is InChI=1S/C10H11O2/c11-8-4-3-6-9-5-1-2-7-10(9)12/h2-5,7,11-12H,6,8H2/b4-3-. The molecule has 0 saturated heterocycles. The van der Waals surface area contributed by atoms with Crippen LogP contribution in [0.5, 0.6) is 5.75 Å². The summed E-state index contributed by atoms with van der Waals surface area (Å²) >= 11 is 0. The maximum atomic E-state index is 9.29. The van der Waals surface area contributed by atoms with Gasteiger partial charge in [-0.2, -0.15) is 0 Å². The molecule has 0 heterocycles. The fourth-order valence-electron chi connectivity index (χ4n) is 0.905. The van der Waals surface area contributed by atoms with Crippen LogP contribution in [0.3, 0.4) is 0 Å². The molecule has 12 heavy (non-hydrogen) atoms. The fraction of sp³-hybridized carbons (Fsp3) is 0.200. The Kier molecular flexibility index (Phi) is 3.35. The summed E-state index contributed by atoms with van der Waals surface area (Å²) in [4.78, 5) is 0. The molecule has 1 aromatic rings. The molecule has 63 valence electrons. The first-order chi connectivity index (χ1) is 5.84. The maximum Gasteiger partial charge on any atom is 0.119 e. The first-order valence-corrected chi connectivity index (χ1v) is 3.78. The molecule has 0 spiro atoms. The van der Waals surface area contributed by atoms with Gasteiger partial charge in [-0.25, -0.2) is 0 Å². The van der Waals surface area contributed by atoms with Crippen LogP contribution in [0.4, 0.5) is 0 Å². The number of benzene rings is 1. The van der Waals surface area contributed by atoms with Gasteiger partial charge >= 0.3 is 0 Å². The fourth-order valence-corrected chi connectivity index (χ4v) is 0.905. The van der Waals surface area contributed by atoms with Crippen molar-refractivity contribution in [2.75, 3.05) is 6.61 Å². The molecule has 0 unspecified atom stereocenters. The summed E-state index contributed by atoms with van der Waals surface area (Å²) in [6, 6.07) is 7.87. The zero-order valence-electron chi connectivity index (χ0n) is 6.70. The SMILES string of the molecule is OC/C=C\Cc1c[c]ccc1O. The lowest BCUT2D eigenvalue weighted by Crippen LogP contribution is -1.82. The van der Waals surface area contributed by atoms with E-state index in [-0.39, 0.29) is 12.4 Å². The highest BCUT2D eigenvalue weighted by molar-refractivity contribution is 5.32. The molecule has 0 atom stereocenters. The van der Waals surface area contributed by atoms with Gasteiger partial charge in [-0.3, -0.25) is 0 Å². The van der Waals surface area contributed by atoms with Gasteiger partial charge < -0.3 is 10.2 Å². The number of aliphatic hydroxyl groups excluding tert-OH is 1. The molecule has 2 nitrogen and oxygen atoms in total. The van der Waals surface area contributed by atoms with E-state index in [1.165, 1.54) is 0 Å². The van der Waals surface area contributed by atoms with Gasteiger partial charge in [0.25, 0.3) is 0 Å². The Bertz CT molecular complexity index is 266. The molecule has 0 fully saturated rings.